The number of para-hydroxylation sites is 4. The summed E-state index contributed by atoms with van der Waals surface area (Å²) in [6.45, 7) is 3.08. The molecule has 44 heavy (non-hydrogen) atoms. The topological polar surface area (TPSA) is 67.0 Å². The van der Waals surface area contributed by atoms with Crippen molar-refractivity contribution in [3.8, 4) is 11.4 Å². The highest BCUT2D eigenvalue weighted by Gasteiger charge is 2.42. The van der Waals surface area contributed by atoms with E-state index in [4.69, 9.17) is 19.8 Å². The zero-order valence-corrected chi connectivity index (χ0v) is 24.5. The Morgan fingerprint density at radius 3 is 2.30 bits per heavy atom. The van der Waals surface area contributed by atoms with E-state index >= 15 is 0 Å². The Kier molecular flexibility index (Phi) is 6.93. The Bertz CT molecular complexity index is 1930. The molecule has 1 aromatic heterocycles. The molecule has 5 aromatic rings. The normalized spacial score (nSPS) is 15.2. The van der Waals surface area contributed by atoms with Gasteiger partial charge in [-0.3, -0.25) is 0 Å². The lowest BCUT2D eigenvalue weighted by Gasteiger charge is -2.41. The molecule has 9 heteroatoms. The Morgan fingerprint density at radius 1 is 0.841 bits per heavy atom. The second kappa shape index (κ2) is 11.1. The fourth-order valence-electron chi connectivity index (χ4n) is 5.93. The number of fused-ring (bicyclic) bond motifs is 4. The average molecular weight is 589 g/mol. The fourth-order valence-corrected chi connectivity index (χ4v) is 5.93. The van der Waals surface area contributed by atoms with E-state index in [0.29, 0.717) is 23.1 Å². The minimum absolute atomic E-state index is 0.0902. The lowest BCUT2D eigenvalue weighted by molar-refractivity contribution is -0.0505. The predicted molar refractivity (Wildman–Crippen MR) is 171 cm³/mol. The summed E-state index contributed by atoms with van der Waals surface area (Å²) >= 11 is 0. The van der Waals surface area contributed by atoms with Gasteiger partial charge in [-0.25, -0.2) is 14.7 Å². The van der Waals surface area contributed by atoms with Crippen LogP contribution in [0.1, 0.15) is 40.9 Å². The minimum Gasteiger partial charge on any atom is -0.434 e. The fraction of sp³-hybridized carbons (Fsp3) is 0.171. The van der Waals surface area contributed by atoms with Crippen LogP contribution in [0.4, 0.5) is 31.7 Å². The maximum absolute atomic E-state index is 13.7. The first-order valence-electron chi connectivity index (χ1n) is 14.5. The van der Waals surface area contributed by atoms with Crippen molar-refractivity contribution in [1.29, 1.82) is 0 Å². The number of alkyl halides is 2. The predicted octanol–water partition coefficient (Wildman–Crippen LogP) is 8.45. The molecular formula is C35H30F2N6O. The maximum atomic E-state index is 13.7. The van der Waals surface area contributed by atoms with E-state index in [0.717, 1.165) is 46.0 Å². The summed E-state index contributed by atoms with van der Waals surface area (Å²) in [5.41, 5.74) is 7.60. The molecule has 4 aromatic carbocycles. The minimum atomic E-state index is -2.98. The highest BCUT2D eigenvalue weighted by atomic mass is 19.3. The summed E-state index contributed by atoms with van der Waals surface area (Å²) in [6.07, 6.45) is 0.932. The number of halogens is 2. The molecule has 7 rings (SSSR count). The summed E-state index contributed by atoms with van der Waals surface area (Å²) in [5, 5.41) is 8.46. The van der Waals surface area contributed by atoms with Gasteiger partial charge < -0.3 is 15.0 Å². The molecule has 1 atom stereocenters. The lowest BCUT2D eigenvalue weighted by Crippen LogP contribution is -2.46. The summed E-state index contributed by atoms with van der Waals surface area (Å²) in [6, 6.07) is 30.3. The Morgan fingerprint density at radius 2 is 1.55 bits per heavy atom. The Hall–Kier alpha value is -5.31. The van der Waals surface area contributed by atoms with Gasteiger partial charge in [0.1, 0.15) is 5.75 Å². The number of amidine groups is 2. The van der Waals surface area contributed by atoms with Gasteiger partial charge in [0.15, 0.2) is 17.5 Å². The van der Waals surface area contributed by atoms with Crippen LogP contribution in [0.25, 0.3) is 5.69 Å². The third-order valence-corrected chi connectivity index (χ3v) is 8.04. The standard InChI is InChI=1S/C35H30F2N6O/c1-4-23-17-19-24(20-18-23)38-32-34-40-33-30(22(3)41-43(33)27-14-8-5-11-21(27)2)31(25-12-6-10-16-29(25)44-35(36)37)42(34)28-15-9-7-13-26(28)39-32/h5-20,31,35H,4H2,1-3H3,(H,38,39)/t31-/m0/s1. The van der Waals surface area contributed by atoms with Gasteiger partial charge >= 0.3 is 6.61 Å². The summed E-state index contributed by atoms with van der Waals surface area (Å²) in [7, 11) is 0. The number of hydrogen-bond acceptors (Lipinski definition) is 6. The smallest absolute Gasteiger partial charge is 0.387 e. The molecule has 220 valence electrons. The number of aryl methyl sites for hydroxylation is 3. The Balaban J connectivity index is 1.50. The van der Waals surface area contributed by atoms with Gasteiger partial charge in [-0.15, -0.1) is 0 Å². The number of nitrogens with zero attached hydrogens (tertiary/aromatic N) is 5. The van der Waals surface area contributed by atoms with E-state index in [1.807, 2.05) is 91.3 Å². The van der Waals surface area contributed by atoms with E-state index < -0.39 is 12.7 Å². The highest BCUT2D eigenvalue weighted by molar-refractivity contribution is 6.51. The summed E-state index contributed by atoms with van der Waals surface area (Å²) in [5.74, 6) is 1.77. The van der Waals surface area contributed by atoms with Crippen molar-refractivity contribution in [2.75, 3.05) is 10.2 Å². The van der Waals surface area contributed by atoms with Crippen molar-refractivity contribution >= 4 is 34.6 Å². The number of aromatic nitrogens is 2. The van der Waals surface area contributed by atoms with Crippen molar-refractivity contribution in [2.45, 2.75) is 39.8 Å². The monoisotopic (exact) mass is 588 g/mol. The highest BCUT2D eigenvalue weighted by Crippen LogP contribution is 2.50. The third-order valence-electron chi connectivity index (χ3n) is 8.04. The van der Waals surface area contributed by atoms with Gasteiger partial charge in [-0.05, 0) is 67.8 Å². The Labute approximate surface area is 254 Å². The number of nitrogens with one attached hydrogen (secondary N) is 1. The number of aliphatic imine (C=N–C) groups is 2. The van der Waals surface area contributed by atoms with Gasteiger partial charge in [0, 0.05) is 16.8 Å². The molecule has 7 nitrogen and oxygen atoms in total. The molecule has 0 radical (unpaired) electrons. The molecule has 1 N–H and O–H groups in total. The van der Waals surface area contributed by atoms with E-state index in [-0.39, 0.29) is 5.75 Å². The number of ether oxygens (including phenoxy) is 1. The molecule has 0 unspecified atom stereocenters. The van der Waals surface area contributed by atoms with Gasteiger partial charge in [-0.1, -0.05) is 67.6 Å². The third kappa shape index (κ3) is 4.70. The molecule has 3 heterocycles. The van der Waals surface area contributed by atoms with E-state index in [1.165, 1.54) is 5.56 Å². The zero-order chi connectivity index (χ0) is 30.4. The van der Waals surface area contributed by atoms with Crippen molar-refractivity contribution in [1.82, 2.24) is 9.78 Å². The molecular weight excluding hydrogens is 558 g/mol. The van der Waals surface area contributed by atoms with Crippen LogP contribution in [-0.2, 0) is 6.42 Å². The molecule has 0 saturated heterocycles. The van der Waals surface area contributed by atoms with Crippen LogP contribution in [-0.4, -0.2) is 28.1 Å². The van der Waals surface area contributed by atoms with Crippen LogP contribution in [0.5, 0.6) is 5.75 Å². The van der Waals surface area contributed by atoms with Crippen LogP contribution < -0.4 is 15.0 Å². The van der Waals surface area contributed by atoms with Crippen molar-refractivity contribution in [3.63, 3.8) is 0 Å². The largest absolute Gasteiger partial charge is 0.434 e. The second-order valence-corrected chi connectivity index (χ2v) is 10.8. The number of benzene rings is 4. The van der Waals surface area contributed by atoms with Crippen molar-refractivity contribution < 1.29 is 13.5 Å². The van der Waals surface area contributed by atoms with E-state index in [1.54, 1.807) is 12.1 Å². The molecule has 0 saturated carbocycles. The first kappa shape index (κ1) is 27.5. The maximum Gasteiger partial charge on any atom is 0.387 e. The number of anilines is 2. The first-order chi connectivity index (χ1) is 21.4. The first-order valence-corrected chi connectivity index (χ1v) is 14.5. The SMILES string of the molecule is CCc1ccc(NC2=Nc3ccccc3N3C2=Nc2c(c(C)nn2-c2ccccc2C)[C@@H]3c2ccccc2OC(F)F)cc1. The van der Waals surface area contributed by atoms with Crippen molar-refractivity contribution in [2.24, 2.45) is 9.98 Å². The van der Waals surface area contributed by atoms with Crippen LogP contribution in [0.15, 0.2) is 107 Å². The molecule has 0 fully saturated rings. The van der Waals surface area contributed by atoms with Gasteiger partial charge in [0.25, 0.3) is 0 Å². The summed E-state index contributed by atoms with van der Waals surface area (Å²) < 4.78 is 34.4. The van der Waals surface area contributed by atoms with Gasteiger partial charge in [-0.2, -0.15) is 13.9 Å². The number of hydrogen-bond donors (Lipinski definition) is 1. The quantitative estimate of drug-likeness (QED) is 0.216. The molecule has 0 bridgehead atoms. The lowest BCUT2D eigenvalue weighted by atomic mass is 9.92. The molecule has 0 spiro atoms. The van der Waals surface area contributed by atoms with Crippen LogP contribution in [0.3, 0.4) is 0 Å². The molecule has 2 aliphatic heterocycles. The van der Waals surface area contributed by atoms with Gasteiger partial charge in [0.2, 0.25) is 0 Å². The molecule has 0 amide bonds. The summed E-state index contributed by atoms with van der Waals surface area (Å²) in [4.78, 5) is 12.3. The average Bonchev–Trinajstić information content (AvgIpc) is 3.36. The molecule has 2 aliphatic rings. The van der Waals surface area contributed by atoms with Crippen LogP contribution in [0.2, 0.25) is 0 Å². The van der Waals surface area contributed by atoms with Crippen LogP contribution >= 0.6 is 0 Å². The van der Waals surface area contributed by atoms with Gasteiger partial charge in [0.05, 0.1) is 28.8 Å². The number of rotatable bonds is 6. The van der Waals surface area contributed by atoms with E-state index in [2.05, 4.69) is 29.3 Å². The van der Waals surface area contributed by atoms with E-state index in [9.17, 15) is 8.78 Å². The zero-order valence-electron chi connectivity index (χ0n) is 24.5. The second-order valence-electron chi connectivity index (χ2n) is 10.8. The van der Waals surface area contributed by atoms with Crippen LogP contribution in [0, 0.1) is 13.8 Å². The van der Waals surface area contributed by atoms with Crippen molar-refractivity contribution in [3.05, 3.63) is 125 Å². The molecule has 0 aliphatic carbocycles.